The second kappa shape index (κ2) is 6.86. The van der Waals surface area contributed by atoms with E-state index in [9.17, 15) is 17.6 Å². The molecule has 0 unspecified atom stereocenters. The summed E-state index contributed by atoms with van der Waals surface area (Å²) >= 11 is 0. The number of hydrogen-bond donors (Lipinski definition) is 1. The molecule has 1 aromatic rings. The molecule has 0 aliphatic carbocycles. The van der Waals surface area contributed by atoms with Crippen LogP contribution in [-0.2, 0) is 19.6 Å². The molecule has 0 bridgehead atoms. The van der Waals surface area contributed by atoms with Gasteiger partial charge in [-0.2, -0.15) is 4.31 Å². The smallest absolute Gasteiger partial charge is 0.321 e. The minimum Gasteiger partial charge on any atom is -0.465 e. The predicted molar refractivity (Wildman–Crippen MR) is 76.5 cm³/mol. The molecule has 0 heterocycles. The minimum atomic E-state index is -4.16. The number of nitrogen functional groups attached to an aromatic ring is 1. The first-order valence-electron chi connectivity index (χ1n) is 6.42. The molecule has 0 aliphatic rings. The molecule has 2 N–H and O–H groups in total. The zero-order valence-electron chi connectivity index (χ0n) is 12.2. The van der Waals surface area contributed by atoms with Crippen molar-refractivity contribution in [3.63, 3.8) is 0 Å². The van der Waals surface area contributed by atoms with Gasteiger partial charge in [0.1, 0.15) is 17.3 Å². The Labute approximate surface area is 123 Å². The Hall–Kier alpha value is -1.67. The molecule has 21 heavy (non-hydrogen) atoms. The molecule has 0 radical (unpaired) electrons. The average molecular weight is 318 g/mol. The van der Waals surface area contributed by atoms with E-state index in [1.165, 1.54) is 6.07 Å². The van der Waals surface area contributed by atoms with Gasteiger partial charge in [0.2, 0.25) is 10.0 Å². The molecule has 1 rings (SSSR count). The van der Waals surface area contributed by atoms with Gasteiger partial charge >= 0.3 is 5.97 Å². The van der Waals surface area contributed by atoms with Crippen LogP contribution < -0.4 is 5.73 Å². The van der Waals surface area contributed by atoms with Crippen LogP contribution in [0.4, 0.5) is 10.1 Å². The van der Waals surface area contributed by atoms with Crippen LogP contribution in [0.15, 0.2) is 23.1 Å². The fraction of sp³-hybridized carbons (Fsp3) is 0.462. The van der Waals surface area contributed by atoms with Gasteiger partial charge in [0.25, 0.3) is 0 Å². The maximum Gasteiger partial charge on any atom is 0.321 e. The highest BCUT2D eigenvalue weighted by molar-refractivity contribution is 7.89. The number of sulfonamides is 1. The normalized spacial score (nSPS) is 11.9. The highest BCUT2D eigenvalue weighted by Gasteiger charge is 2.31. The van der Waals surface area contributed by atoms with Crippen molar-refractivity contribution in [2.24, 2.45) is 0 Å². The number of benzene rings is 1. The Kier molecular flexibility index (Phi) is 5.68. The molecule has 0 spiro atoms. The van der Waals surface area contributed by atoms with E-state index >= 15 is 0 Å². The molecule has 6 nitrogen and oxygen atoms in total. The fourth-order valence-electron chi connectivity index (χ4n) is 1.73. The third-order valence-corrected chi connectivity index (χ3v) is 4.76. The van der Waals surface area contributed by atoms with E-state index in [2.05, 4.69) is 0 Å². The van der Waals surface area contributed by atoms with Crippen LogP contribution in [0.25, 0.3) is 0 Å². The van der Waals surface area contributed by atoms with Crippen molar-refractivity contribution in [3.8, 4) is 0 Å². The number of anilines is 1. The first-order valence-corrected chi connectivity index (χ1v) is 7.86. The van der Waals surface area contributed by atoms with E-state index in [-0.39, 0.29) is 12.3 Å². The SMILES string of the molecule is CCOC(=O)CN(C(C)C)S(=O)(=O)c1ccc(N)cc1F. The van der Waals surface area contributed by atoms with Crippen LogP contribution in [0.3, 0.4) is 0 Å². The van der Waals surface area contributed by atoms with Crippen LogP contribution >= 0.6 is 0 Å². The first kappa shape index (κ1) is 17.4. The summed E-state index contributed by atoms with van der Waals surface area (Å²) < 4.78 is 44.5. The van der Waals surface area contributed by atoms with Crippen molar-refractivity contribution in [3.05, 3.63) is 24.0 Å². The molecule has 8 heteroatoms. The molecule has 0 fully saturated rings. The summed E-state index contributed by atoms with van der Waals surface area (Å²) in [5, 5.41) is 0. The lowest BCUT2D eigenvalue weighted by Crippen LogP contribution is -2.41. The molecule has 0 aromatic heterocycles. The Morgan fingerprint density at radius 3 is 2.52 bits per heavy atom. The van der Waals surface area contributed by atoms with Gasteiger partial charge in [-0.15, -0.1) is 0 Å². The van der Waals surface area contributed by atoms with Gasteiger partial charge < -0.3 is 10.5 Å². The maximum atomic E-state index is 13.9. The zero-order valence-corrected chi connectivity index (χ0v) is 13.0. The van der Waals surface area contributed by atoms with Crippen molar-refractivity contribution in [2.45, 2.75) is 31.7 Å². The van der Waals surface area contributed by atoms with Gasteiger partial charge in [0, 0.05) is 11.7 Å². The summed E-state index contributed by atoms with van der Waals surface area (Å²) in [6.45, 7) is 4.46. The third kappa shape index (κ3) is 4.15. The van der Waals surface area contributed by atoms with E-state index in [0.717, 1.165) is 16.4 Å². The van der Waals surface area contributed by atoms with Crippen LogP contribution in [0, 0.1) is 5.82 Å². The number of hydrogen-bond acceptors (Lipinski definition) is 5. The van der Waals surface area contributed by atoms with Gasteiger partial charge in [-0.25, -0.2) is 12.8 Å². The van der Waals surface area contributed by atoms with Crippen LogP contribution in [0.5, 0.6) is 0 Å². The van der Waals surface area contributed by atoms with Gasteiger partial charge in [-0.3, -0.25) is 4.79 Å². The number of ether oxygens (including phenoxy) is 1. The van der Waals surface area contributed by atoms with Crippen molar-refractivity contribution in [2.75, 3.05) is 18.9 Å². The Morgan fingerprint density at radius 1 is 1.43 bits per heavy atom. The summed E-state index contributed by atoms with van der Waals surface area (Å²) in [6.07, 6.45) is 0. The number of esters is 1. The van der Waals surface area contributed by atoms with Crippen LogP contribution in [-0.4, -0.2) is 37.9 Å². The quantitative estimate of drug-likeness (QED) is 0.632. The highest BCUT2D eigenvalue weighted by Crippen LogP contribution is 2.22. The maximum absolute atomic E-state index is 13.9. The predicted octanol–water partition coefficient (Wildman–Crippen LogP) is 1.37. The summed E-state index contributed by atoms with van der Waals surface area (Å²) in [4.78, 5) is 11.0. The van der Waals surface area contributed by atoms with Gasteiger partial charge in [-0.1, -0.05) is 0 Å². The van der Waals surface area contributed by atoms with Crippen LogP contribution in [0.2, 0.25) is 0 Å². The number of nitrogens with two attached hydrogens (primary N) is 1. The number of nitrogens with zero attached hydrogens (tertiary/aromatic N) is 1. The zero-order chi connectivity index (χ0) is 16.2. The standard InChI is InChI=1S/C13H19FN2O4S/c1-4-20-13(17)8-16(9(2)3)21(18,19)12-6-5-10(15)7-11(12)14/h5-7,9H,4,8,15H2,1-3H3. The molecular formula is C13H19FN2O4S. The lowest BCUT2D eigenvalue weighted by Gasteiger charge is -2.25. The highest BCUT2D eigenvalue weighted by atomic mass is 32.2. The molecule has 0 aliphatic heterocycles. The Bertz CT molecular complexity index is 617. The Balaban J connectivity index is 3.19. The van der Waals surface area contributed by atoms with Gasteiger partial charge in [0.05, 0.1) is 6.61 Å². The van der Waals surface area contributed by atoms with Crippen LogP contribution in [0.1, 0.15) is 20.8 Å². The van der Waals surface area contributed by atoms with Crippen molar-refractivity contribution < 1.29 is 22.3 Å². The average Bonchev–Trinajstić information content (AvgIpc) is 2.35. The van der Waals surface area contributed by atoms with E-state index < -0.39 is 39.3 Å². The number of halogens is 1. The van der Waals surface area contributed by atoms with E-state index in [0.29, 0.717) is 0 Å². The fourth-order valence-corrected chi connectivity index (χ4v) is 3.36. The summed E-state index contributed by atoms with van der Waals surface area (Å²) in [6, 6.07) is 2.77. The minimum absolute atomic E-state index is 0.118. The Morgan fingerprint density at radius 2 is 2.05 bits per heavy atom. The van der Waals surface area contributed by atoms with E-state index in [1.54, 1.807) is 20.8 Å². The second-order valence-corrected chi connectivity index (χ2v) is 6.50. The lowest BCUT2D eigenvalue weighted by atomic mass is 10.3. The molecule has 0 saturated heterocycles. The second-order valence-electron chi connectivity index (χ2n) is 4.64. The first-order chi connectivity index (χ1) is 9.70. The van der Waals surface area contributed by atoms with Crippen molar-refractivity contribution >= 4 is 21.7 Å². The summed E-state index contributed by atoms with van der Waals surface area (Å²) in [5.74, 6) is -1.64. The van der Waals surface area contributed by atoms with Gasteiger partial charge in [-0.05, 0) is 39.0 Å². The number of carbonyl (C=O) groups is 1. The van der Waals surface area contributed by atoms with Crippen molar-refractivity contribution in [1.29, 1.82) is 0 Å². The molecule has 0 atom stereocenters. The molecule has 1 aromatic carbocycles. The molecule has 0 amide bonds. The molecular weight excluding hydrogens is 299 g/mol. The monoisotopic (exact) mass is 318 g/mol. The van der Waals surface area contributed by atoms with Crippen molar-refractivity contribution in [1.82, 2.24) is 4.31 Å². The summed E-state index contributed by atoms with van der Waals surface area (Å²) in [5.41, 5.74) is 5.52. The molecule has 0 saturated carbocycles. The number of rotatable bonds is 6. The van der Waals surface area contributed by atoms with E-state index in [4.69, 9.17) is 10.5 Å². The molecule has 118 valence electrons. The third-order valence-electron chi connectivity index (χ3n) is 2.71. The topological polar surface area (TPSA) is 89.7 Å². The van der Waals surface area contributed by atoms with Gasteiger partial charge in [0.15, 0.2) is 0 Å². The largest absolute Gasteiger partial charge is 0.465 e. The lowest BCUT2D eigenvalue weighted by molar-refractivity contribution is -0.143. The van der Waals surface area contributed by atoms with E-state index in [1.807, 2.05) is 0 Å². The number of carbonyl (C=O) groups excluding carboxylic acids is 1. The summed E-state index contributed by atoms with van der Waals surface area (Å²) in [7, 11) is -4.16.